The van der Waals surface area contributed by atoms with E-state index < -0.39 is 0 Å². The van der Waals surface area contributed by atoms with Gasteiger partial charge in [-0.1, -0.05) is 42.5 Å². The third-order valence-electron chi connectivity index (χ3n) is 5.78. The van der Waals surface area contributed by atoms with E-state index in [2.05, 4.69) is 91.1 Å². The van der Waals surface area contributed by atoms with Crippen molar-refractivity contribution in [2.75, 3.05) is 6.54 Å². The predicted molar refractivity (Wildman–Crippen MR) is 139 cm³/mol. The molecule has 2 heterocycles. The smallest absolute Gasteiger partial charge is 0.231 e. The maximum Gasteiger partial charge on any atom is 0.231 e. The first-order chi connectivity index (χ1) is 16.5. The molecule has 34 heavy (non-hydrogen) atoms. The van der Waals surface area contributed by atoms with E-state index in [4.69, 9.17) is 10.5 Å². The van der Waals surface area contributed by atoms with E-state index in [1.54, 1.807) is 0 Å². The molecule has 4 nitrogen and oxygen atoms in total. The Morgan fingerprint density at radius 2 is 1.62 bits per heavy atom. The molecule has 0 aliphatic carbocycles. The Morgan fingerprint density at radius 3 is 2.32 bits per heavy atom. The van der Waals surface area contributed by atoms with Crippen molar-refractivity contribution in [1.29, 1.82) is 0 Å². The lowest BCUT2D eigenvalue weighted by molar-refractivity contribution is -0.683. The number of nitrogens with zero attached hydrogens (tertiary/aromatic N) is 2. The van der Waals surface area contributed by atoms with E-state index >= 15 is 0 Å². The van der Waals surface area contributed by atoms with Gasteiger partial charge in [-0.3, -0.25) is 0 Å². The molecule has 2 aromatic heterocycles. The largest absolute Gasteiger partial charge is 0.488 e. The van der Waals surface area contributed by atoms with Crippen LogP contribution in [-0.4, -0.2) is 11.5 Å². The molecule has 2 aromatic carbocycles. The second kappa shape index (κ2) is 10.9. The van der Waals surface area contributed by atoms with E-state index in [0.29, 0.717) is 13.2 Å². The van der Waals surface area contributed by atoms with Crippen LogP contribution in [0.1, 0.15) is 33.4 Å². The van der Waals surface area contributed by atoms with Crippen molar-refractivity contribution in [1.82, 2.24) is 4.98 Å². The lowest BCUT2D eigenvalue weighted by atomic mass is 10.0. The lowest BCUT2D eigenvalue weighted by Gasteiger charge is -2.13. The molecule has 0 fully saturated rings. The van der Waals surface area contributed by atoms with Gasteiger partial charge in [0.2, 0.25) is 5.69 Å². The van der Waals surface area contributed by atoms with Gasteiger partial charge < -0.3 is 10.5 Å². The average molecular weight is 451 g/mol. The van der Waals surface area contributed by atoms with Crippen LogP contribution >= 0.6 is 0 Å². The van der Waals surface area contributed by atoms with Crippen LogP contribution < -0.4 is 15.0 Å². The second-order valence-corrected chi connectivity index (χ2v) is 8.64. The quantitative estimate of drug-likeness (QED) is 0.352. The molecule has 0 spiro atoms. The summed E-state index contributed by atoms with van der Waals surface area (Å²) in [6.07, 6.45) is 8.23. The van der Waals surface area contributed by atoms with Crippen LogP contribution in [0.25, 0.3) is 23.5 Å². The predicted octanol–water partition coefficient (Wildman–Crippen LogP) is 5.67. The van der Waals surface area contributed by atoms with Gasteiger partial charge in [0, 0.05) is 18.3 Å². The number of ether oxygens (including phenoxy) is 1. The van der Waals surface area contributed by atoms with E-state index in [0.717, 1.165) is 45.9 Å². The van der Waals surface area contributed by atoms with Crippen molar-refractivity contribution in [2.45, 2.75) is 33.9 Å². The summed E-state index contributed by atoms with van der Waals surface area (Å²) in [5.74, 6) is 0.955. The standard InChI is InChI=1S/C30H32N3O/c1-22-11-14-32-28(17-22)29-20-25(12-15-33(29)16-13-31)9-10-27-18-23(2)30(24(3)19-27)34-21-26-7-5-4-6-8-26/h4-12,14-15,17-20H,13,16,21,31H2,1-3H3/q+1/b10-9+. The fourth-order valence-corrected chi connectivity index (χ4v) is 4.11. The van der Waals surface area contributed by atoms with E-state index in [1.807, 2.05) is 30.5 Å². The van der Waals surface area contributed by atoms with Gasteiger partial charge in [0.15, 0.2) is 12.7 Å². The highest BCUT2D eigenvalue weighted by Gasteiger charge is 2.14. The van der Waals surface area contributed by atoms with Crippen molar-refractivity contribution in [3.63, 3.8) is 0 Å². The van der Waals surface area contributed by atoms with Crippen LogP contribution in [0.5, 0.6) is 5.75 Å². The van der Waals surface area contributed by atoms with E-state index in [-0.39, 0.29) is 0 Å². The number of nitrogens with two attached hydrogens (primary N) is 1. The minimum atomic E-state index is 0.570. The normalized spacial score (nSPS) is 11.2. The van der Waals surface area contributed by atoms with Crippen molar-refractivity contribution in [3.05, 3.63) is 113 Å². The summed E-state index contributed by atoms with van der Waals surface area (Å²) >= 11 is 0. The molecule has 0 aliphatic heterocycles. The first-order valence-electron chi connectivity index (χ1n) is 11.7. The van der Waals surface area contributed by atoms with E-state index in [1.165, 1.54) is 11.1 Å². The molecule has 0 saturated carbocycles. The molecule has 0 amide bonds. The van der Waals surface area contributed by atoms with Gasteiger partial charge in [-0.05, 0) is 78.4 Å². The van der Waals surface area contributed by atoms with Gasteiger partial charge in [0.05, 0.1) is 6.54 Å². The molecule has 0 bridgehead atoms. The monoisotopic (exact) mass is 450 g/mol. The summed E-state index contributed by atoms with van der Waals surface area (Å²) in [6, 6.07) is 23.0. The summed E-state index contributed by atoms with van der Waals surface area (Å²) in [6.45, 7) is 8.18. The number of rotatable bonds is 8. The van der Waals surface area contributed by atoms with Gasteiger partial charge in [-0.2, -0.15) is 4.57 Å². The minimum absolute atomic E-state index is 0.570. The zero-order valence-electron chi connectivity index (χ0n) is 20.2. The Labute approximate surface area is 202 Å². The molecule has 0 unspecified atom stereocenters. The maximum atomic E-state index is 6.14. The Morgan fingerprint density at radius 1 is 0.882 bits per heavy atom. The minimum Gasteiger partial charge on any atom is -0.488 e. The number of aryl methyl sites for hydroxylation is 3. The molecule has 172 valence electrons. The van der Waals surface area contributed by atoms with Crippen LogP contribution in [0.4, 0.5) is 0 Å². The van der Waals surface area contributed by atoms with Crippen LogP contribution in [0.3, 0.4) is 0 Å². The summed E-state index contributed by atoms with van der Waals surface area (Å²) in [4.78, 5) is 4.58. The van der Waals surface area contributed by atoms with Gasteiger partial charge in [0.25, 0.3) is 0 Å². The molecule has 0 aliphatic rings. The zero-order chi connectivity index (χ0) is 23.9. The highest BCUT2D eigenvalue weighted by Crippen LogP contribution is 2.27. The molecule has 0 atom stereocenters. The van der Waals surface area contributed by atoms with Gasteiger partial charge in [-0.25, -0.2) is 4.98 Å². The summed E-state index contributed by atoms with van der Waals surface area (Å²) in [5.41, 5.74) is 14.7. The topological polar surface area (TPSA) is 52.0 Å². The van der Waals surface area contributed by atoms with Crippen LogP contribution in [0.2, 0.25) is 0 Å². The number of benzene rings is 2. The van der Waals surface area contributed by atoms with E-state index in [9.17, 15) is 0 Å². The average Bonchev–Trinajstić information content (AvgIpc) is 2.84. The Hall–Kier alpha value is -3.76. The highest BCUT2D eigenvalue weighted by atomic mass is 16.5. The Balaban J connectivity index is 1.56. The first kappa shape index (κ1) is 23.4. The number of pyridine rings is 2. The Kier molecular flexibility index (Phi) is 7.51. The van der Waals surface area contributed by atoms with Crippen molar-refractivity contribution in [2.24, 2.45) is 5.73 Å². The molecule has 0 radical (unpaired) electrons. The first-order valence-corrected chi connectivity index (χ1v) is 11.7. The molecule has 4 aromatic rings. The molecule has 4 rings (SSSR count). The van der Waals surface area contributed by atoms with Gasteiger partial charge in [-0.15, -0.1) is 0 Å². The molecule has 4 heteroatoms. The highest BCUT2D eigenvalue weighted by molar-refractivity contribution is 5.72. The van der Waals surface area contributed by atoms with Gasteiger partial charge in [0.1, 0.15) is 18.1 Å². The SMILES string of the molecule is Cc1ccnc(-c2cc(/C=C/c3cc(C)c(OCc4ccccc4)c(C)c3)cc[n+]2CCN)c1. The van der Waals surface area contributed by atoms with Crippen LogP contribution in [0.15, 0.2) is 79.1 Å². The van der Waals surface area contributed by atoms with Crippen LogP contribution in [0, 0.1) is 20.8 Å². The second-order valence-electron chi connectivity index (χ2n) is 8.64. The van der Waals surface area contributed by atoms with Crippen molar-refractivity contribution >= 4 is 12.2 Å². The van der Waals surface area contributed by atoms with Crippen LogP contribution in [-0.2, 0) is 13.2 Å². The molecule has 0 saturated heterocycles. The molecule has 2 N–H and O–H groups in total. The molecular formula is C30H32N3O+. The number of aromatic nitrogens is 2. The van der Waals surface area contributed by atoms with Crippen molar-refractivity contribution < 1.29 is 9.30 Å². The summed E-state index contributed by atoms with van der Waals surface area (Å²) in [5, 5.41) is 0. The number of hydrogen-bond acceptors (Lipinski definition) is 3. The van der Waals surface area contributed by atoms with Gasteiger partial charge >= 0.3 is 0 Å². The fraction of sp³-hybridized carbons (Fsp3) is 0.200. The third kappa shape index (κ3) is 5.77. The van der Waals surface area contributed by atoms with Crippen molar-refractivity contribution in [3.8, 4) is 17.1 Å². The Bertz CT molecular complexity index is 1270. The number of hydrogen-bond donors (Lipinski definition) is 1. The maximum absolute atomic E-state index is 6.14. The molecular weight excluding hydrogens is 418 g/mol. The fourth-order valence-electron chi connectivity index (χ4n) is 4.11. The summed E-state index contributed by atoms with van der Waals surface area (Å²) in [7, 11) is 0. The summed E-state index contributed by atoms with van der Waals surface area (Å²) < 4.78 is 8.30. The zero-order valence-corrected chi connectivity index (χ0v) is 20.2. The third-order valence-corrected chi connectivity index (χ3v) is 5.78. The lowest BCUT2D eigenvalue weighted by Crippen LogP contribution is -2.39.